The molecule has 8 nitrogen and oxygen atoms in total. The Morgan fingerprint density at radius 3 is 2.31 bits per heavy atom. The minimum absolute atomic E-state index is 0.113. The lowest BCUT2D eigenvalue weighted by Gasteiger charge is -2.28. The quantitative estimate of drug-likeness (QED) is 0.305. The van der Waals surface area contributed by atoms with Gasteiger partial charge in [-0.25, -0.2) is 4.79 Å². The standard InChI is InChI=1S/C27H32N2O6/c1-7-28-18(4)23(17(3)24(28)27(32)34-8-2)25(30)19(5)29(16-22-10-9-15-35-22)26(31)20-11-13-21(33-6)14-12-20/h9-15,19H,7-8,16H2,1-6H3. The van der Waals surface area contributed by atoms with Gasteiger partial charge in [0.05, 0.1) is 32.6 Å². The van der Waals surface area contributed by atoms with Crippen molar-refractivity contribution in [1.29, 1.82) is 0 Å². The van der Waals surface area contributed by atoms with Gasteiger partial charge < -0.3 is 23.4 Å². The highest BCUT2D eigenvalue weighted by molar-refractivity contribution is 6.07. The molecule has 1 atom stereocenters. The number of aromatic nitrogens is 1. The summed E-state index contributed by atoms with van der Waals surface area (Å²) in [6, 6.07) is 9.40. The van der Waals surface area contributed by atoms with Crippen LogP contribution in [-0.2, 0) is 17.8 Å². The van der Waals surface area contributed by atoms with Crippen molar-refractivity contribution < 1.29 is 28.3 Å². The first-order chi connectivity index (χ1) is 16.7. The fourth-order valence-corrected chi connectivity index (χ4v) is 4.32. The number of ether oxygens (including phenoxy) is 2. The molecule has 0 aliphatic carbocycles. The number of esters is 1. The van der Waals surface area contributed by atoms with Gasteiger partial charge >= 0.3 is 5.97 Å². The van der Waals surface area contributed by atoms with E-state index in [4.69, 9.17) is 13.9 Å². The molecule has 0 saturated carbocycles. The third-order valence-corrected chi connectivity index (χ3v) is 6.15. The molecule has 2 heterocycles. The molecule has 2 aromatic heterocycles. The Morgan fingerprint density at radius 1 is 1.09 bits per heavy atom. The Hall–Kier alpha value is -3.81. The summed E-state index contributed by atoms with van der Waals surface area (Å²) < 4.78 is 17.7. The number of furan rings is 1. The lowest BCUT2D eigenvalue weighted by atomic mass is 9.99. The van der Waals surface area contributed by atoms with Crippen LogP contribution in [0.5, 0.6) is 5.75 Å². The number of nitrogens with zero attached hydrogens (tertiary/aromatic N) is 2. The Kier molecular flexibility index (Phi) is 8.17. The largest absolute Gasteiger partial charge is 0.497 e. The van der Waals surface area contributed by atoms with Gasteiger partial charge in [0.2, 0.25) is 0 Å². The molecule has 0 radical (unpaired) electrons. The molecule has 0 fully saturated rings. The number of benzene rings is 1. The first kappa shape index (κ1) is 25.8. The smallest absolute Gasteiger partial charge is 0.355 e. The van der Waals surface area contributed by atoms with E-state index in [0.29, 0.717) is 46.1 Å². The van der Waals surface area contributed by atoms with E-state index in [0.717, 1.165) is 0 Å². The molecule has 0 bridgehead atoms. The molecule has 0 aliphatic heterocycles. The lowest BCUT2D eigenvalue weighted by Crippen LogP contribution is -2.43. The van der Waals surface area contributed by atoms with Gasteiger partial charge in [0.15, 0.2) is 5.78 Å². The van der Waals surface area contributed by atoms with Gasteiger partial charge in [-0.15, -0.1) is 0 Å². The molecule has 8 heteroatoms. The second-order valence-corrected chi connectivity index (χ2v) is 8.18. The third kappa shape index (κ3) is 5.16. The SMILES string of the molecule is CCOC(=O)c1c(C)c(C(=O)C(C)N(Cc2ccco2)C(=O)c2ccc(OC)cc2)c(C)n1CC. The average Bonchev–Trinajstić information content (AvgIpc) is 3.46. The van der Waals surface area contributed by atoms with E-state index < -0.39 is 12.0 Å². The molecule has 1 amide bonds. The van der Waals surface area contributed by atoms with Crippen molar-refractivity contribution in [3.8, 4) is 5.75 Å². The van der Waals surface area contributed by atoms with Crippen LogP contribution in [0.2, 0.25) is 0 Å². The van der Waals surface area contributed by atoms with E-state index in [-0.39, 0.29) is 24.8 Å². The van der Waals surface area contributed by atoms with Crippen LogP contribution in [0.25, 0.3) is 0 Å². The Balaban J connectivity index is 2.02. The van der Waals surface area contributed by atoms with Crippen molar-refractivity contribution in [2.24, 2.45) is 0 Å². The van der Waals surface area contributed by atoms with Crippen LogP contribution in [0.1, 0.15) is 69.0 Å². The number of amides is 1. The highest BCUT2D eigenvalue weighted by Crippen LogP contribution is 2.27. The van der Waals surface area contributed by atoms with E-state index in [1.54, 1.807) is 75.8 Å². The van der Waals surface area contributed by atoms with Gasteiger partial charge in [-0.3, -0.25) is 9.59 Å². The summed E-state index contributed by atoms with van der Waals surface area (Å²) in [6.45, 7) is 9.74. The van der Waals surface area contributed by atoms with Crippen LogP contribution in [0.4, 0.5) is 0 Å². The van der Waals surface area contributed by atoms with E-state index in [1.807, 2.05) is 6.92 Å². The molecule has 0 N–H and O–H groups in total. The van der Waals surface area contributed by atoms with Crippen molar-refractivity contribution in [1.82, 2.24) is 9.47 Å². The maximum atomic E-state index is 13.8. The first-order valence-electron chi connectivity index (χ1n) is 11.6. The summed E-state index contributed by atoms with van der Waals surface area (Å²) in [5, 5.41) is 0. The fourth-order valence-electron chi connectivity index (χ4n) is 4.32. The van der Waals surface area contributed by atoms with E-state index in [9.17, 15) is 14.4 Å². The molecular formula is C27H32N2O6. The maximum Gasteiger partial charge on any atom is 0.355 e. The van der Waals surface area contributed by atoms with E-state index in [2.05, 4.69) is 0 Å². The zero-order valence-corrected chi connectivity index (χ0v) is 21.1. The number of hydrogen-bond acceptors (Lipinski definition) is 6. The van der Waals surface area contributed by atoms with E-state index >= 15 is 0 Å². The van der Waals surface area contributed by atoms with Crippen LogP contribution in [0.15, 0.2) is 47.1 Å². The number of carbonyl (C=O) groups excluding carboxylic acids is 3. The second kappa shape index (κ2) is 11.1. The summed E-state index contributed by atoms with van der Waals surface area (Å²) in [4.78, 5) is 41.5. The van der Waals surface area contributed by atoms with Gasteiger partial charge in [0, 0.05) is 23.4 Å². The molecule has 35 heavy (non-hydrogen) atoms. The number of ketones is 1. The summed E-state index contributed by atoms with van der Waals surface area (Å²) in [6.07, 6.45) is 1.53. The number of carbonyl (C=O) groups is 3. The predicted octanol–water partition coefficient (Wildman–Crippen LogP) is 4.82. The highest BCUT2D eigenvalue weighted by Gasteiger charge is 2.33. The molecule has 0 spiro atoms. The third-order valence-electron chi connectivity index (χ3n) is 6.15. The summed E-state index contributed by atoms with van der Waals surface area (Å²) in [5.74, 6) is 0.135. The predicted molar refractivity (Wildman–Crippen MR) is 131 cm³/mol. The highest BCUT2D eigenvalue weighted by atomic mass is 16.5. The summed E-state index contributed by atoms with van der Waals surface area (Å²) in [5.41, 5.74) is 2.42. The topological polar surface area (TPSA) is 91.0 Å². The zero-order chi connectivity index (χ0) is 25.7. The van der Waals surface area contributed by atoms with Crippen LogP contribution < -0.4 is 4.74 Å². The monoisotopic (exact) mass is 480 g/mol. The zero-order valence-electron chi connectivity index (χ0n) is 21.1. The van der Waals surface area contributed by atoms with Crippen LogP contribution in [0, 0.1) is 13.8 Å². The van der Waals surface area contributed by atoms with Crippen molar-refractivity contribution in [3.63, 3.8) is 0 Å². The molecule has 186 valence electrons. The molecule has 0 saturated heterocycles. The van der Waals surface area contributed by atoms with Crippen LogP contribution in [-0.4, -0.2) is 46.9 Å². The summed E-state index contributed by atoms with van der Waals surface area (Å²) in [7, 11) is 1.55. The van der Waals surface area contributed by atoms with Gasteiger partial charge in [-0.2, -0.15) is 0 Å². The molecule has 1 aromatic carbocycles. The Labute approximate surface area is 205 Å². The van der Waals surface area contributed by atoms with Gasteiger partial charge in [0.1, 0.15) is 17.2 Å². The van der Waals surface area contributed by atoms with Gasteiger partial charge in [0.25, 0.3) is 5.91 Å². The number of Topliss-reactive ketones (excluding diaryl/α,β-unsaturated/α-hetero) is 1. The number of rotatable bonds is 10. The van der Waals surface area contributed by atoms with Gasteiger partial charge in [-0.1, -0.05) is 0 Å². The lowest BCUT2D eigenvalue weighted by molar-refractivity contribution is 0.0512. The van der Waals surface area contributed by atoms with Gasteiger partial charge in [-0.05, 0) is 76.6 Å². The fraction of sp³-hybridized carbons (Fsp3) is 0.370. The Bertz CT molecular complexity index is 1190. The van der Waals surface area contributed by atoms with E-state index in [1.165, 1.54) is 11.2 Å². The minimum Gasteiger partial charge on any atom is -0.497 e. The first-order valence-corrected chi connectivity index (χ1v) is 11.6. The van der Waals surface area contributed by atoms with Crippen LogP contribution >= 0.6 is 0 Å². The maximum absolute atomic E-state index is 13.8. The van der Waals surface area contributed by atoms with Crippen molar-refractivity contribution in [2.45, 2.75) is 53.8 Å². The van der Waals surface area contributed by atoms with Crippen molar-refractivity contribution in [2.75, 3.05) is 13.7 Å². The molecule has 3 aromatic rings. The molecule has 1 unspecified atom stereocenters. The van der Waals surface area contributed by atoms with Crippen LogP contribution in [0.3, 0.4) is 0 Å². The summed E-state index contributed by atoms with van der Waals surface area (Å²) >= 11 is 0. The van der Waals surface area contributed by atoms with Crippen molar-refractivity contribution >= 4 is 17.7 Å². The molecule has 3 rings (SSSR count). The van der Waals surface area contributed by atoms with Crippen molar-refractivity contribution in [3.05, 3.63) is 76.5 Å². The molecule has 0 aliphatic rings. The number of hydrogen-bond donors (Lipinski definition) is 0. The Morgan fingerprint density at radius 2 is 1.77 bits per heavy atom. The number of methoxy groups -OCH3 is 1. The normalized spacial score (nSPS) is 11.7. The minimum atomic E-state index is -0.824. The molecular weight excluding hydrogens is 448 g/mol. The second-order valence-electron chi connectivity index (χ2n) is 8.18. The average molecular weight is 481 g/mol.